The third kappa shape index (κ3) is 3.76. The molecule has 164 valence electrons. The zero-order valence-corrected chi connectivity index (χ0v) is 17.7. The topological polar surface area (TPSA) is 79.7 Å². The maximum atomic E-state index is 13.4. The number of nitrogens with one attached hydrogen (secondary N) is 1. The number of fused-ring (bicyclic) bond motifs is 1. The van der Waals surface area contributed by atoms with Gasteiger partial charge in [-0.15, -0.1) is 0 Å². The molecule has 1 spiro atoms. The second-order valence-corrected chi connectivity index (χ2v) is 8.70. The van der Waals surface area contributed by atoms with Crippen molar-refractivity contribution in [2.24, 2.45) is 0 Å². The van der Waals surface area contributed by atoms with Crippen LogP contribution >= 0.6 is 11.6 Å². The van der Waals surface area contributed by atoms with Crippen LogP contribution in [0.25, 0.3) is 0 Å². The van der Waals surface area contributed by atoms with Crippen molar-refractivity contribution >= 4 is 29.2 Å². The smallest absolute Gasteiger partial charge is 0.322 e. The van der Waals surface area contributed by atoms with E-state index in [-0.39, 0.29) is 29.0 Å². The highest BCUT2D eigenvalue weighted by molar-refractivity contribution is 6.31. The van der Waals surface area contributed by atoms with E-state index in [1.54, 1.807) is 15.8 Å². The van der Waals surface area contributed by atoms with Crippen LogP contribution in [-0.2, 0) is 17.8 Å². The molecule has 8 nitrogen and oxygen atoms in total. The van der Waals surface area contributed by atoms with Gasteiger partial charge in [-0.25, -0.2) is 9.18 Å². The van der Waals surface area contributed by atoms with Crippen molar-refractivity contribution in [3.8, 4) is 0 Å². The van der Waals surface area contributed by atoms with Crippen molar-refractivity contribution in [1.29, 1.82) is 0 Å². The molecule has 0 bridgehead atoms. The zero-order valence-electron chi connectivity index (χ0n) is 16.9. The van der Waals surface area contributed by atoms with Gasteiger partial charge in [0.25, 0.3) is 5.91 Å². The number of hydrogen-bond acceptors (Lipinski definition) is 4. The molecular weight excluding hydrogens is 425 g/mol. The van der Waals surface area contributed by atoms with Gasteiger partial charge in [0.2, 0.25) is 0 Å². The summed E-state index contributed by atoms with van der Waals surface area (Å²) in [7, 11) is 0. The first-order valence-electron chi connectivity index (χ1n) is 10.4. The van der Waals surface area contributed by atoms with Crippen molar-refractivity contribution in [1.82, 2.24) is 19.6 Å². The summed E-state index contributed by atoms with van der Waals surface area (Å²) in [6.07, 6.45) is 4.33. The van der Waals surface area contributed by atoms with Crippen LogP contribution in [0.5, 0.6) is 0 Å². The molecule has 5 rings (SSSR count). The van der Waals surface area contributed by atoms with Gasteiger partial charge in [-0.05, 0) is 37.5 Å². The van der Waals surface area contributed by atoms with Crippen molar-refractivity contribution in [2.45, 2.75) is 37.9 Å². The molecule has 3 aliphatic rings. The Balaban J connectivity index is 1.33. The van der Waals surface area contributed by atoms with Crippen LogP contribution in [0.4, 0.5) is 14.9 Å². The molecule has 2 aliphatic heterocycles. The molecule has 0 radical (unpaired) electrons. The number of halogens is 2. The monoisotopic (exact) mass is 447 g/mol. The molecule has 1 N–H and O–H groups in total. The standard InChI is InChI=1S/C21H23ClFN5O3/c22-16-10-14(2-3-17(16)23)25-20(30)26-7-8-28-18(12-26)15(11-24-28)19(29)27-6-1-9-31-13-21(27)4-5-21/h2-3,10-11H,1,4-9,12-13H2,(H,25,30). The van der Waals surface area contributed by atoms with Crippen LogP contribution in [0.3, 0.4) is 0 Å². The number of aromatic nitrogens is 2. The van der Waals surface area contributed by atoms with Gasteiger partial charge in [-0.3, -0.25) is 9.48 Å². The maximum Gasteiger partial charge on any atom is 0.322 e. The van der Waals surface area contributed by atoms with E-state index in [0.717, 1.165) is 25.0 Å². The Labute approximate surface area is 183 Å². The van der Waals surface area contributed by atoms with E-state index in [1.807, 2.05) is 4.90 Å². The summed E-state index contributed by atoms with van der Waals surface area (Å²) in [5.41, 5.74) is 1.49. The minimum Gasteiger partial charge on any atom is -0.379 e. The molecule has 0 unspecified atom stereocenters. The minimum atomic E-state index is -0.544. The van der Waals surface area contributed by atoms with Crippen molar-refractivity contribution in [3.05, 3.63) is 46.5 Å². The number of hydrogen-bond donors (Lipinski definition) is 1. The summed E-state index contributed by atoms with van der Waals surface area (Å²) < 4.78 is 20.9. The highest BCUT2D eigenvalue weighted by Gasteiger charge is 2.51. The SMILES string of the molecule is O=C(Nc1ccc(F)c(Cl)c1)N1CCn2ncc(C(=O)N3CCCOCC34CC4)c2C1. The molecule has 3 heterocycles. The Kier molecular flexibility index (Phi) is 5.10. The lowest BCUT2D eigenvalue weighted by molar-refractivity contribution is 0.0548. The van der Waals surface area contributed by atoms with Gasteiger partial charge in [0.05, 0.1) is 47.7 Å². The average molecular weight is 448 g/mol. The molecule has 3 amide bonds. The van der Waals surface area contributed by atoms with Crippen LogP contribution in [0, 0.1) is 5.82 Å². The van der Waals surface area contributed by atoms with Gasteiger partial charge in [0.15, 0.2) is 0 Å². The van der Waals surface area contributed by atoms with E-state index in [4.69, 9.17) is 16.3 Å². The van der Waals surface area contributed by atoms with Gasteiger partial charge in [-0.2, -0.15) is 5.10 Å². The van der Waals surface area contributed by atoms with Crippen molar-refractivity contribution in [2.75, 3.05) is 31.6 Å². The molecule has 1 aromatic carbocycles. The number of urea groups is 1. The summed E-state index contributed by atoms with van der Waals surface area (Å²) in [5.74, 6) is -0.589. The predicted molar refractivity (Wildman–Crippen MR) is 112 cm³/mol. The largest absolute Gasteiger partial charge is 0.379 e. The molecule has 31 heavy (non-hydrogen) atoms. The molecule has 1 saturated heterocycles. The number of nitrogens with zero attached hydrogens (tertiary/aromatic N) is 4. The van der Waals surface area contributed by atoms with E-state index in [9.17, 15) is 14.0 Å². The van der Waals surface area contributed by atoms with Crippen LogP contribution in [0.2, 0.25) is 5.02 Å². The van der Waals surface area contributed by atoms with Crippen molar-refractivity contribution < 1.29 is 18.7 Å². The predicted octanol–water partition coefficient (Wildman–Crippen LogP) is 3.12. The summed E-state index contributed by atoms with van der Waals surface area (Å²) >= 11 is 5.80. The first-order valence-corrected chi connectivity index (χ1v) is 10.8. The van der Waals surface area contributed by atoms with Crippen LogP contribution < -0.4 is 5.32 Å². The van der Waals surface area contributed by atoms with Crippen molar-refractivity contribution in [3.63, 3.8) is 0 Å². The van der Waals surface area contributed by atoms with Gasteiger partial charge < -0.3 is 19.9 Å². The maximum absolute atomic E-state index is 13.4. The Morgan fingerprint density at radius 2 is 2.06 bits per heavy atom. The number of rotatable bonds is 2. The lowest BCUT2D eigenvalue weighted by Gasteiger charge is -2.31. The third-order valence-electron chi connectivity index (χ3n) is 6.25. The van der Waals surface area contributed by atoms with Gasteiger partial charge in [0.1, 0.15) is 5.82 Å². The number of carbonyl (C=O) groups excluding carboxylic acids is 2. The number of benzene rings is 1. The molecule has 2 aromatic rings. The molecule has 10 heteroatoms. The fourth-order valence-electron chi connectivity index (χ4n) is 4.30. The van der Waals surface area contributed by atoms with Gasteiger partial charge in [0, 0.05) is 25.4 Å². The normalized spacial score (nSPS) is 19.7. The Morgan fingerprint density at radius 1 is 1.23 bits per heavy atom. The molecular formula is C21H23ClFN5O3. The Morgan fingerprint density at radius 3 is 2.84 bits per heavy atom. The fourth-order valence-corrected chi connectivity index (χ4v) is 4.48. The summed E-state index contributed by atoms with van der Waals surface area (Å²) in [6, 6.07) is 3.70. The number of carbonyl (C=O) groups is 2. The molecule has 0 atom stereocenters. The van der Waals surface area contributed by atoms with E-state index in [1.165, 1.54) is 18.2 Å². The average Bonchev–Trinajstić information content (AvgIpc) is 3.47. The number of ether oxygens (including phenoxy) is 1. The van der Waals surface area contributed by atoms with E-state index in [0.29, 0.717) is 44.1 Å². The fraction of sp³-hybridized carbons (Fsp3) is 0.476. The van der Waals surface area contributed by atoms with E-state index < -0.39 is 5.82 Å². The number of amides is 3. The second-order valence-electron chi connectivity index (χ2n) is 8.30. The third-order valence-corrected chi connectivity index (χ3v) is 6.54. The van der Waals surface area contributed by atoms with E-state index in [2.05, 4.69) is 10.4 Å². The van der Waals surface area contributed by atoms with Gasteiger partial charge >= 0.3 is 6.03 Å². The Hall–Kier alpha value is -2.65. The molecule has 2 fully saturated rings. The summed E-state index contributed by atoms with van der Waals surface area (Å²) in [6.45, 7) is 3.12. The molecule has 1 saturated carbocycles. The summed E-state index contributed by atoms with van der Waals surface area (Å²) in [5, 5.41) is 7.07. The molecule has 1 aliphatic carbocycles. The minimum absolute atomic E-state index is 0.0446. The quantitative estimate of drug-likeness (QED) is 0.767. The Bertz CT molecular complexity index is 1040. The second kappa shape index (κ2) is 7.80. The first kappa shape index (κ1) is 20.3. The zero-order chi connectivity index (χ0) is 21.6. The van der Waals surface area contributed by atoms with Crippen LogP contribution in [0.1, 0.15) is 35.3 Å². The lowest BCUT2D eigenvalue weighted by atomic mass is 10.1. The number of anilines is 1. The first-order chi connectivity index (χ1) is 15.0. The van der Waals surface area contributed by atoms with Gasteiger partial charge in [-0.1, -0.05) is 11.6 Å². The van der Waals surface area contributed by atoms with Crippen LogP contribution in [0.15, 0.2) is 24.4 Å². The molecule has 1 aromatic heterocycles. The van der Waals surface area contributed by atoms with Crippen LogP contribution in [-0.4, -0.2) is 63.4 Å². The van der Waals surface area contributed by atoms with E-state index >= 15 is 0 Å². The highest BCUT2D eigenvalue weighted by atomic mass is 35.5. The lowest BCUT2D eigenvalue weighted by Crippen LogP contribution is -2.45. The summed E-state index contributed by atoms with van der Waals surface area (Å²) in [4.78, 5) is 29.8. The highest BCUT2D eigenvalue weighted by Crippen LogP contribution is 2.44.